The summed E-state index contributed by atoms with van der Waals surface area (Å²) >= 11 is 0. The summed E-state index contributed by atoms with van der Waals surface area (Å²) in [5.74, 6) is 0.192. The lowest BCUT2D eigenvalue weighted by atomic mass is 9.89. The molecule has 1 saturated heterocycles. The number of benzene rings is 3. The first-order valence-electron chi connectivity index (χ1n) is 11.9. The minimum atomic E-state index is -0.490. The molecule has 0 amide bonds. The van der Waals surface area contributed by atoms with Crippen molar-refractivity contribution < 1.29 is 4.39 Å². The van der Waals surface area contributed by atoms with E-state index in [0.29, 0.717) is 11.5 Å². The molecule has 0 spiro atoms. The van der Waals surface area contributed by atoms with E-state index in [0.717, 1.165) is 38.2 Å². The zero-order valence-corrected chi connectivity index (χ0v) is 19.3. The predicted molar refractivity (Wildman–Crippen MR) is 132 cm³/mol. The van der Waals surface area contributed by atoms with Crippen molar-refractivity contribution in [2.45, 2.75) is 38.3 Å². The molecule has 1 aliphatic heterocycles. The van der Waals surface area contributed by atoms with Crippen LogP contribution in [0, 0.1) is 5.82 Å². The first-order chi connectivity index (χ1) is 16.6. The highest BCUT2D eigenvalue weighted by Gasteiger charge is 2.21. The third-order valence-electron chi connectivity index (χ3n) is 6.89. The summed E-state index contributed by atoms with van der Waals surface area (Å²) in [5, 5.41) is 4.26. The molecule has 174 valence electrons. The van der Waals surface area contributed by atoms with E-state index in [2.05, 4.69) is 52.5 Å². The standard InChI is InChI=1S/C28H29FN4O/c1-21(26-9-5-6-10-27(26)29)33-28(34)32(20-30-33)25-13-11-23(12-14-25)24-15-17-31(18-16-24)19-22-7-3-2-4-8-22/h2-14,20-21,24H,15-19H2,1H3. The van der Waals surface area contributed by atoms with Crippen LogP contribution in [0.15, 0.2) is 90.0 Å². The fourth-order valence-corrected chi connectivity index (χ4v) is 4.88. The van der Waals surface area contributed by atoms with E-state index in [1.807, 2.05) is 12.1 Å². The summed E-state index contributed by atoms with van der Waals surface area (Å²) < 4.78 is 17.0. The van der Waals surface area contributed by atoms with Gasteiger partial charge in [0.15, 0.2) is 0 Å². The maximum absolute atomic E-state index is 14.2. The topological polar surface area (TPSA) is 43.1 Å². The third-order valence-corrected chi connectivity index (χ3v) is 6.89. The Morgan fingerprint density at radius 3 is 2.32 bits per heavy atom. The molecule has 0 aliphatic carbocycles. The Morgan fingerprint density at radius 2 is 1.62 bits per heavy atom. The predicted octanol–water partition coefficient (Wildman–Crippen LogP) is 5.16. The highest BCUT2D eigenvalue weighted by Crippen LogP contribution is 2.29. The molecule has 0 radical (unpaired) electrons. The molecule has 6 heteroatoms. The zero-order chi connectivity index (χ0) is 23.5. The summed E-state index contributed by atoms with van der Waals surface area (Å²) in [4.78, 5) is 15.5. The SMILES string of the molecule is CC(c1ccccc1F)n1ncn(-c2ccc(C3CCN(Cc4ccccc4)CC3)cc2)c1=O. The molecule has 2 heterocycles. The largest absolute Gasteiger partial charge is 0.350 e. The van der Waals surface area contributed by atoms with Crippen LogP contribution >= 0.6 is 0 Å². The molecule has 0 bridgehead atoms. The molecule has 1 unspecified atom stereocenters. The Hall–Kier alpha value is -3.51. The smallest absolute Gasteiger partial charge is 0.299 e. The molecule has 1 aromatic heterocycles. The molecule has 5 nitrogen and oxygen atoms in total. The summed E-state index contributed by atoms with van der Waals surface area (Å²) in [5.41, 5.74) is 3.60. The Kier molecular flexibility index (Phi) is 6.41. The molecule has 0 N–H and O–H groups in total. The minimum absolute atomic E-state index is 0.280. The lowest BCUT2D eigenvalue weighted by Gasteiger charge is -2.32. The van der Waals surface area contributed by atoms with Crippen LogP contribution in [0.4, 0.5) is 4.39 Å². The van der Waals surface area contributed by atoms with Gasteiger partial charge in [-0.15, -0.1) is 0 Å². The Bertz CT molecular complexity index is 1290. The number of aromatic nitrogens is 3. The van der Waals surface area contributed by atoms with Crippen LogP contribution in [-0.2, 0) is 6.54 Å². The summed E-state index contributed by atoms with van der Waals surface area (Å²) in [6.45, 7) is 4.96. The number of hydrogen-bond acceptors (Lipinski definition) is 3. The lowest BCUT2D eigenvalue weighted by Crippen LogP contribution is -2.32. The summed E-state index contributed by atoms with van der Waals surface area (Å²) in [7, 11) is 0. The highest BCUT2D eigenvalue weighted by molar-refractivity contribution is 5.36. The van der Waals surface area contributed by atoms with Crippen LogP contribution in [-0.4, -0.2) is 32.3 Å². The van der Waals surface area contributed by atoms with Crippen LogP contribution in [0.3, 0.4) is 0 Å². The van der Waals surface area contributed by atoms with E-state index < -0.39 is 6.04 Å². The van der Waals surface area contributed by atoms with Crippen LogP contribution in [0.25, 0.3) is 5.69 Å². The van der Waals surface area contributed by atoms with Gasteiger partial charge in [0.05, 0.1) is 11.7 Å². The van der Waals surface area contributed by atoms with Gasteiger partial charge in [0.2, 0.25) is 0 Å². The molecule has 4 aromatic rings. The van der Waals surface area contributed by atoms with E-state index in [1.165, 1.54) is 32.8 Å². The summed E-state index contributed by atoms with van der Waals surface area (Å²) in [6.07, 6.45) is 3.77. The van der Waals surface area contributed by atoms with Gasteiger partial charge in [-0.1, -0.05) is 60.7 Å². The molecule has 1 atom stereocenters. The normalized spacial score (nSPS) is 15.9. The number of halogens is 1. The van der Waals surface area contributed by atoms with Crippen molar-refractivity contribution in [3.8, 4) is 5.69 Å². The van der Waals surface area contributed by atoms with E-state index in [4.69, 9.17) is 0 Å². The fraction of sp³-hybridized carbons (Fsp3) is 0.286. The van der Waals surface area contributed by atoms with Gasteiger partial charge in [-0.25, -0.2) is 18.4 Å². The quantitative estimate of drug-likeness (QED) is 0.402. The first-order valence-corrected chi connectivity index (χ1v) is 11.9. The van der Waals surface area contributed by atoms with Gasteiger partial charge < -0.3 is 0 Å². The van der Waals surface area contributed by atoms with Crippen molar-refractivity contribution in [3.63, 3.8) is 0 Å². The average molecular weight is 457 g/mol. The monoisotopic (exact) mass is 456 g/mol. The molecule has 1 aliphatic rings. The lowest BCUT2D eigenvalue weighted by molar-refractivity contribution is 0.204. The van der Waals surface area contributed by atoms with Gasteiger partial charge in [0.25, 0.3) is 0 Å². The first kappa shape index (κ1) is 22.3. The maximum Gasteiger partial charge on any atom is 0.350 e. The van der Waals surface area contributed by atoms with Crippen molar-refractivity contribution in [1.82, 2.24) is 19.2 Å². The third kappa shape index (κ3) is 4.59. The van der Waals surface area contributed by atoms with Crippen LogP contribution in [0.2, 0.25) is 0 Å². The second-order valence-corrected chi connectivity index (χ2v) is 9.05. The van der Waals surface area contributed by atoms with E-state index in [1.54, 1.807) is 25.1 Å². The van der Waals surface area contributed by atoms with Crippen molar-refractivity contribution in [1.29, 1.82) is 0 Å². The number of nitrogens with zero attached hydrogens (tertiary/aromatic N) is 4. The number of piperidine rings is 1. The minimum Gasteiger partial charge on any atom is -0.299 e. The molecule has 0 saturated carbocycles. The average Bonchev–Trinajstić information content (AvgIpc) is 3.26. The second kappa shape index (κ2) is 9.77. The van der Waals surface area contributed by atoms with Crippen molar-refractivity contribution in [2.75, 3.05) is 13.1 Å². The molecule has 3 aromatic carbocycles. The highest BCUT2D eigenvalue weighted by atomic mass is 19.1. The molecular weight excluding hydrogens is 427 g/mol. The van der Waals surface area contributed by atoms with Gasteiger partial charge >= 0.3 is 5.69 Å². The van der Waals surface area contributed by atoms with Gasteiger partial charge in [0.1, 0.15) is 12.1 Å². The maximum atomic E-state index is 14.2. The molecule has 34 heavy (non-hydrogen) atoms. The van der Waals surface area contributed by atoms with Crippen LogP contribution in [0.1, 0.15) is 48.4 Å². The van der Waals surface area contributed by atoms with Gasteiger partial charge in [-0.2, -0.15) is 5.10 Å². The number of likely N-dealkylation sites (tertiary alicyclic amines) is 1. The van der Waals surface area contributed by atoms with Gasteiger partial charge in [-0.3, -0.25) is 4.90 Å². The number of hydrogen-bond donors (Lipinski definition) is 0. The van der Waals surface area contributed by atoms with Crippen LogP contribution < -0.4 is 5.69 Å². The Balaban J connectivity index is 1.25. The molecular formula is C28H29FN4O. The fourth-order valence-electron chi connectivity index (χ4n) is 4.88. The Morgan fingerprint density at radius 1 is 0.941 bits per heavy atom. The molecule has 1 fully saturated rings. The van der Waals surface area contributed by atoms with E-state index in [9.17, 15) is 9.18 Å². The van der Waals surface area contributed by atoms with Crippen LogP contribution in [0.5, 0.6) is 0 Å². The van der Waals surface area contributed by atoms with Crippen molar-refractivity contribution in [2.24, 2.45) is 0 Å². The van der Waals surface area contributed by atoms with Crippen molar-refractivity contribution >= 4 is 0 Å². The second-order valence-electron chi connectivity index (χ2n) is 9.05. The van der Waals surface area contributed by atoms with Crippen molar-refractivity contribution in [3.05, 3.63) is 118 Å². The molecule has 5 rings (SSSR count). The van der Waals surface area contributed by atoms with E-state index in [-0.39, 0.29) is 11.5 Å². The van der Waals surface area contributed by atoms with Gasteiger partial charge in [-0.05, 0) is 68.1 Å². The zero-order valence-electron chi connectivity index (χ0n) is 19.3. The Labute approximate surface area is 199 Å². The van der Waals surface area contributed by atoms with E-state index >= 15 is 0 Å². The number of rotatable bonds is 6. The summed E-state index contributed by atoms with van der Waals surface area (Å²) in [6, 6.07) is 24.8. The van der Waals surface area contributed by atoms with Gasteiger partial charge in [0, 0.05) is 12.1 Å².